The van der Waals surface area contributed by atoms with Crippen LogP contribution in [0.1, 0.15) is 37.6 Å². The van der Waals surface area contributed by atoms with Gasteiger partial charge in [-0.25, -0.2) is 0 Å². The van der Waals surface area contributed by atoms with Crippen LogP contribution < -0.4 is 10.1 Å². The Morgan fingerprint density at radius 3 is 2.57 bits per heavy atom. The van der Waals surface area contributed by atoms with Crippen LogP contribution in [-0.2, 0) is 6.54 Å². The van der Waals surface area contributed by atoms with Crippen molar-refractivity contribution in [3.05, 3.63) is 46.2 Å². The molecule has 21 heavy (non-hydrogen) atoms. The number of halogens is 1. The number of nitrogens with one attached hydrogen (secondary N) is 1. The lowest BCUT2D eigenvalue weighted by Gasteiger charge is -2.21. The molecule has 114 valence electrons. The molecule has 5 heteroatoms. The second-order valence-electron chi connectivity index (χ2n) is 4.86. The zero-order valence-corrected chi connectivity index (χ0v) is 14.4. The highest BCUT2D eigenvalue weighted by Gasteiger charge is 2.21. The lowest BCUT2D eigenvalue weighted by atomic mass is 10.0. The molecule has 0 saturated carbocycles. The van der Waals surface area contributed by atoms with Crippen LogP contribution in [0, 0.1) is 0 Å². The van der Waals surface area contributed by atoms with Gasteiger partial charge in [0.1, 0.15) is 5.75 Å². The molecule has 0 spiro atoms. The minimum Gasteiger partial charge on any atom is -0.497 e. The number of nitrogens with zero attached hydrogens (tertiary/aromatic N) is 2. The third-order valence-electron chi connectivity index (χ3n) is 3.40. The van der Waals surface area contributed by atoms with Crippen LogP contribution in [0.4, 0.5) is 0 Å². The molecule has 4 nitrogen and oxygen atoms in total. The molecule has 1 unspecified atom stereocenters. The Morgan fingerprint density at radius 2 is 2.00 bits per heavy atom. The van der Waals surface area contributed by atoms with Crippen LogP contribution in [0.5, 0.6) is 5.75 Å². The van der Waals surface area contributed by atoms with Crippen molar-refractivity contribution in [1.29, 1.82) is 0 Å². The molecule has 0 aliphatic rings. The lowest BCUT2D eigenvalue weighted by molar-refractivity contribution is 0.414. The molecule has 1 aromatic heterocycles. The smallest absolute Gasteiger partial charge is 0.118 e. The van der Waals surface area contributed by atoms with Crippen LogP contribution in [-0.4, -0.2) is 23.4 Å². The quantitative estimate of drug-likeness (QED) is 0.825. The predicted molar refractivity (Wildman–Crippen MR) is 88.7 cm³/mol. The van der Waals surface area contributed by atoms with E-state index in [4.69, 9.17) is 4.74 Å². The van der Waals surface area contributed by atoms with Crippen molar-refractivity contribution in [1.82, 2.24) is 15.1 Å². The number of hydrogen-bond donors (Lipinski definition) is 1. The summed E-state index contributed by atoms with van der Waals surface area (Å²) in [6.45, 7) is 6.08. The molecule has 0 amide bonds. The highest BCUT2D eigenvalue weighted by Crippen LogP contribution is 2.29. The number of rotatable bonds is 7. The van der Waals surface area contributed by atoms with E-state index in [0.717, 1.165) is 29.7 Å². The SMILES string of the molecule is CCCn1ncc(Br)c1C(NCC)c1ccc(OC)cc1. The van der Waals surface area contributed by atoms with Gasteiger partial charge in [0.2, 0.25) is 0 Å². The summed E-state index contributed by atoms with van der Waals surface area (Å²) < 4.78 is 8.35. The number of hydrogen-bond acceptors (Lipinski definition) is 3. The van der Waals surface area contributed by atoms with Gasteiger partial charge in [-0.15, -0.1) is 0 Å². The first-order valence-corrected chi connectivity index (χ1v) is 8.09. The molecule has 0 radical (unpaired) electrons. The standard InChI is InChI=1S/C16H22BrN3O/c1-4-10-20-16(14(17)11-19-20)15(18-5-2)12-6-8-13(21-3)9-7-12/h6-9,11,15,18H,4-5,10H2,1-3H3. The molecule has 0 bridgehead atoms. The van der Waals surface area contributed by atoms with E-state index in [1.54, 1.807) is 7.11 Å². The Hall–Kier alpha value is -1.33. The Morgan fingerprint density at radius 1 is 1.29 bits per heavy atom. The van der Waals surface area contributed by atoms with Crippen molar-refractivity contribution in [3.63, 3.8) is 0 Å². The van der Waals surface area contributed by atoms with E-state index in [2.05, 4.69) is 57.0 Å². The molecule has 1 aromatic carbocycles. The van der Waals surface area contributed by atoms with Crippen LogP contribution in [0.2, 0.25) is 0 Å². The number of methoxy groups -OCH3 is 1. The van der Waals surface area contributed by atoms with Crippen molar-refractivity contribution in [3.8, 4) is 5.75 Å². The van der Waals surface area contributed by atoms with E-state index < -0.39 is 0 Å². The normalized spacial score (nSPS) is 12.4. The maximum absolute atomic E-state index is 5.24. The fourth-order valence-corrected chi connectivity index (χ4v) is 2.95. The summed E-state index contributed by atoms with van der Waals surface area (Å²) in [5.41, 5.74) is 2.38. The van der Waals surface area contributed by atoms with E-state index in [1.807, 2.05) is 18.3 Å². The summed E-state index contributed by atoms with van der Waals surface area (Å²) in [5, 5.41) is 8.02. The average molecular weight is 352 g/mol. The number of aromatic nitrogens is 2. The monoisotopic (exact) mass is 351 g/mol. The molecule has 0 aliphatic carbocycles. The van der Waals surface area contributed by atoms with Crippen LogP contribution in [0.3, 0.4) is 0 Å². The minimum atomic E-state index is 0.115. The predicted octanol–water partition coefficient (Wildman–Crippen LogP) is 3.76. The molecule has 2 rings (SSSR count). The average Bonchev–Trinajstić information content (AvgIpc) is 2.86. The Balaban J connectivity index is 2.40. The molecule has 0 aliphatic heterocycles. The largest absolute Gasteiger partial charge is 0.497 e. The molecular formula is C16H22BrN3O. The second kappa shape index (κ2) is 7.61. The van der Waals surface area contributed by atoms with E-state index in [9.17, 15) is 0 Å². The minimum absolute atomic E-state index is 0.115. The van der Waals surface area contributed by atoms with Crippen molar-refractivity contribution in [2.24, 2.45) is 0 Å². The van der Waals surface area contributed by atoms with Gasteiger partial charge in [-0.1, -0.05) is 26.0 Å². The molecule has 2 aromatic rings. The summed E-state index contributed by atoms with van der Waals surface area (Å²) in [5.74, 6) is 0.870. The number of aryl methyl sites for hydroxylation is 1. The third kappa shape index (κ3) is 3.66. The summed E-state index contributed by atoms with van der Waals surface area (Å²) in [6, 6.07) is 8.30. The number of benzene rings is 1. The molecule has 1 atom stereocenters. The number of ether oxygens (including phenoxy) is 1. The van der Waals surface area contributed by atoms with Crippen molar-refractivity contribution < 1.29 is 4.74 Å². The van der Waals surface area contributed by atoms with Crippen molar-refractivity contribution in [2.45, 2.75) is 32.9 Å². The van der Waals surface area contributed by atoms with Gasteiger partial charge in [0.15, 0.2) is 0 Å². The summed E-state index contributed by atoms with van der Waals surface area (Å²) in [7, 11) is 1.68. The molecule has 1 N–H and O–H groups in total. The summed E-state index contributed by atoms with van der Waals surface area (Å²) in [4.78, 5) is 0. The Labute approximate surface area is 134 Å². The lowest BCUT2D eigenvalue weighted by Crippen LogP contribution is -2.25. The maximum atomic E-state index is 5.24. The van der Waals surface area contributed by atoms with Gasteiger partial charge in [0.05, 0.1) is 29.5 Å². The van der Waals surface area contributed by atoms with Crippen LogP contribution in [0.25, 0.3) is 0 Å². The zero-order chi connectivity index (χ0) is 15.2. The van der Waals surface area contributed by atoms with E-state index >= 15 is 0 Å². The fourth-order valence-electron chi connectivity index (χ4n) is 2.42. The Kier molecular flexibility index (Phi) is 5.82. The highest BCUT2D eigenvalue weighted by atomic mass is 79.9. The first-order valence-electron chi connectivity index (χ1n) is 7.29. The van der Waals surface area contributed by atoms with E-state index in [-0.39, 0.29) is 6.04 Å². The third-order valence-corrected chi connectivity index (χ3v) is 4.01. The first kappa shape index (κ1) is 16.0. The van der Waals surface area contributed by atoms with Gasteiger partial charge in [-0.05, 0) is 46.6 Å². The van der Waals surface area contributed by atoms with Gasteiger partial charge in [-0.2, -0.15) is 5.10 Å². The topological polar surface area (TPSA) is 39.1 Å². The van der Waals surface area contributed by atoms with Gasteiger partial charge in [0.25, 0.3) is 0 Å². The molecular weight excluding hydrogens is 330 g/mol. The molecule has 1 heterocycles. The van der Waals surface area contributed by atoms with Crippen molar-refractivity contribution in [2.75, 3.05) is 13.7 Å². The van der Waals surface area contributed by atoms with E-state index in [1.165, 1.54) is 11.3 Å². The zero-order valence-electron chi connectivity index (χ0n) is 12.8. The first-order chi connectivity index (χ1) is 10.2. The van der Waals surface area contributed by atoms with Crippen molar-refractivity contribution >= 4 is 15.9 Å². The summed E-state index contributed by atoms with van der Waals surface area (Å²) >= 11 is 3.64. The summed E-state index contributed by atoms with van der Waals surface area (Å²) in [6.07, 6.45) is 2.93. The van der Waals surface area contributed by atoms with Gasteiger partial charge in [-0.3, -0.25) is 4.68 Å². The van der Waals surface area contributed by atoms with E-state index in [0.29, 0.717) is 0 Å². The van der Waals surface area contributed by atoms with Crippen LogP contribution in [0.15, 0.2) is 34.9 Å². The fraction of sp³-hybridized carbons (Fsp3) is 0.438. The van der Waals surface area contributed by atoms with Gasteiger partial charge < -0.3 is 10.1 Å². The highest BCUT2D eigenvalue weighted by molar-refractivity contribution is 9.10. The second-order valence-corrected chi connectivity index (χ2v) is 5.72. The Bertz CT molecular complexity index is 565. The van der Waals surface area contributed by atoms with Gasteiger partial charge >= 0.3 is 0 Å². The van der Waals surface area contributed by atoms with Gasteiger partial charge in [0, 0.05) is 6.54 Å². The maximum Gasteiger partial charge on any atom is 0.118 e. The van der Waals surface area contributed by atoms with Crippen LogP contribution >= 0.6 is 15.9 Å². The molecule has 0 fully saturated rings. The molecule has 0 saturated heterocycles.